The Kier molecular flexibility index (Phi) is 6.98. The predicted molar refractivity (Wildman–Crippen MR) is 132 cm³/mol. The van der Waals surface area contributed by atoms with Crippen molar-refractivity contribution < 1.29 is 9.53 Å². The Morgan fingerprint density at radius 3 is 1.68 bits per heavy atom. The number of hydrogen-bond donors (Lipinski definition) is 0. The largest absolute Gasteiger partial charge is 0.497 e. The van der Waals surface area contributed by atoms with Crippen molar-refractivity contribution in [2.75, 3.05) is 20.2 Å². The molecule has 5 nitrogen and oxygen atoms in total. The van der Waals surface area contributed by atoms with Crippen LogP contribution >= 0.6 is 0 Å². The number of Topliss-reactive ketones (excluding diaryl/α,β-unsaturated/α-hetero) is 1. The van der Waals surface area contributed by atoms with Crippen LogP contribution in [0.2, 0.25) is 0 Å². The molecule has 0 spiro atoms. The van der Waals surface area contributed by atoms with Crippen molar-refractivity contribution in [2.24, 2.45) is 0 Å². The summed E-state index contributed by atoms with van der Waals surface area (Å²) in [7, 11) is 1.64. The van der Waals surface area contributed by atoms with Crippen LogP contribution < -0.4 is 4.74 Å². The Morgan fingerprint density at radius 2 is 1.26 bits per heavy atom. The maximum atomic E-state index is 13.4. The Hall–Kier alpha value is -4.45. The maximum absolute atomic E-state index is 13.4. The number of nitrogens with zero attached hydrogens (tertiary/aromatic N) is 3. The number of carbonyl (C=O) groups excluding carboxylic acids is 1. The van der Waals surface area contributed by atoms with Gasteiger partial charge in [0.15, 0.2) is 5.78 Å². The van der Waals surface area contributed by atoms with Crippen LogP contribution in [0.25, 0.3) is 12.2 Å². The number of hydrogen-bond acceptors (Lipinski definition) is 5. The minimum Gasteiger partial charge on any atom is -0.497 e. The molecule has 0 amide bonds. The number of ether oxygens (including phenoxy) is 1. The Balaban J connectivity index is 1.65. The monoisotopic (exact) mass is 445 g/mol. The Labute approximate surface area is 199 Å². The molecule has 0 unspecified atom stereocenters. The number of methoxy groups -OCH3 is 1. The molecule has 3 aromatic carbocycles. The van der Waals surface area contributed by atoms with Gasteiger partial charge in [0, 0.05) is 30.8 Å². The highest BCUT2D eigenvalue weighted by atomic mass is 16.5. The third-order valence-electron chi connectivity index (χ3n) is 5.70. The predicted octanol–water partition coefficient (Wildman–Crippen LogP) is 4.99. The second kappa shape index (κ2) is 10.4. The van der Waals surface area contributed by atoms with Gasteiger partial charge in [-0.15, -0.1) is 0 Å². The number of benzene rings is 3. The van der Waals surface area contributed by atoms with Crippen molar-refractivity contribution in [1.82, 2.24) is 4.90 Å². The zero-order valence-corrected chi connectivity index (χ0v) is 18.9. The number of piperidine rings is 1. The second-order valence-corrected chi connectivity index (χ2v) is 8.13. The zero-order chi connectivity index (χ0) is 23.9. The average molecular weight is 446 g/mol. The number of likely N-dealkylation sites (tertiary alicyclic amines) is 1. The summed E-state index contributed by atoms with van der Waals surface area (Å²) in [6.07, 6.45) is 3.80. The van der Waals surface area contributed by atoms with Gasteiger partial charge < -0.3 is 4.74 Å². The van der Waals surface area contributed by atoms with Crippen molar-refractivity contribution in [3.05, 3.63) is 112 Å². The lowest BCUT2D eigenvalue weighted by Crippen LogP contribution is -2.37. The van der Waals surface area contributed by atoms with Crippen LogP contribution in [0.4, 0.5) is 0 Å². The fraction of sp³-hybridized carbons (Fsp3) is 0.138. The van der Waals surface area contributed by atoms with E-state index in [9.17, 15) is 4.79 Å². The lowest BCUT2D eigenvalue weighted by atomic mass is 9.93. The van der Waals surface area contributed by atoms with Gasteiger partial charge in [-0.05, 0) is 65.2 Å². The number of carbonyl (C=O) groups is 1. The molecular weight excluding hydrogens is 422 g/mol. The van der Waals surface area contributed by atoms with E-state index in [1.165, 1.54) is 0 Å². The number of nitriles is 2. The van der Waals surface area contributed by atoms with Crippen molar-refractivity contribution in [2.45, 2.75) is 6.54 Å². The SMILES string of the molecule is COc1ccc(CN2CC(=Cc3ccc(C#N)cc3)C(=O)C(=Cc3ccc(C#N)cc3)C2)cc1. The van der Waals surface area contributed by atoms with E-state index < -0.39 is 0 Å². The van der Waals surface area contributed by atoms with E-state index in [4.69, 9.17) is 15.3 Å². The summed E-state index contributed by atoms with van der Waals surface area (Å²) in [6.45, 7) is 1.73. The van der Waals surface area contributed by atoms with Gasteiger partial charge >= 0.3 is 0 Å². The van der Waals surface area contributed by atoms with Crippen LogP contribution in [-0.4, -0.2) is 30.9 Å². The molecular formula is C29H23N3O2. The molecule has 4 rings (SSSR count). The van der Waals surface area contributed by atoms with Gasteiger partial charge in [-0.3, -0.25) is 9.69 Å². The molecule has 1 saturated heterocycles. The standard InChI is InChI=1S/C29H23N3O2/c1-34-28-12-10-25(11-13-28)18-32-19-26(14-21-2-6-23(16-30)7-3-21)29(33)27(20-32)15-22-4-8-24(17-31)9-5-22/h2-15H,18-20H2,1H3. The molecule has 1 aliphatic heterocycles. The van der Waals surface area contributed by atoms with E-state index in [1.54, 1.807) is 31.4 Å². The molecule has 166 valence electrons. The molecule has 34 heavy (non-hydrogen) atoms. The maximum Gasteiger partial charge on any atom is 0.187 e. The first-order valence-electron chi connectivity index (χ1n) is 10.9. The molecule has 1 aliphatic rings. The molecule has 1 heterocycles. The first kappa shape index (κ1) is 22.7. The first-order chi connectivity index (χ1) is 16.6. The zero-order valence-electron chi connectivity index (χ0n) is 18.9. The van der Waals surface area contributed by atoms with Crippen molar-refractivity contribution in [3.63, 3.8) is 0 Å². The topological polar surface area (TPSA) is 77.1 Å². The van der Waals surface area contributed by atoms with E-state index >= 15 is 0 Å². The van der Waals surface area contributed by atoms with Crippen molar-refractivity contribution in [1.29, 1.82) is 10.5 Å². The smallest absolute Gasteiger partial charge is 0.187 e. The molecule has 0 aromatic heterocycles. The highest BCUT2D eigenvalue weighted by Crippen LogP contribution is 2.24. The lowest BCUT2D eigenvalue weighted by molar-refractivity contribution is -0.113. The molecule has 0 saturated carbocycles. The molecule has 1 fully saturated rings. The van der Waals surface area contributed by atoms with Gasteiger partial charge in [0.25, 0.3) is 0 Å². The minimum absolute atomic E-state index is 0.0136. The van der Waals surface area contributed by atoms with Gasteiger partial charge in [0.2, 0.25) is 0 Å². The highest BCUT2D eigenvalue weighted by molar-refractivity contribution is 6.14. The average Bonchev–Trinajstić information content (AvgIpc) is 2.88. The highest BCUT2D eigenvalue weighted by Gasteiger charge is 2.26. The molecule has 0 radical (unpaired) electrons. The molecule has 5 heteroatoms. The Bertz CT molecular complexity index is 1240. The summed E-state index contributed by atoms with van der Waals surface area (Å²) >= 11 is 0. The first-order valence-corrected chi connectivity index (χ1v) is 10.9. The van der Waals surface area contributed by atoms with Gasteiger partial charge in [0.1, 0.15) is 5.75 Å². The summed E-state index contributed by atoms with van der Waals surface area (Å²) in [5.74, 6) is 0.820. The van der Waals surface area contributed by atoms with Crippen molar-refractivity contribution in [3.8, 4) is 17.9 Å². The molecule has 3 aromatic rings. The van der Waals surface area contributed by atoms with Crippen LogP contribution in [0.5, 0.6) is 5.75 Å². The van der Waals surface area contributed by atoms with Gasteiger partial charge in [-0.1, -0.05) is 36.4 Å². The number of ketones is 1. The molecule has 0 N–H and O–H groups in total. The minimum atomic E-state index is 0.0136. The van der Waals surface area contributed by atoms with Gasteiger partial charge in [0.05, 0.1) is 30.4 Å². The van der Waals surface area contributed by atoms with Crippen molar-refractivity contribution >= 4 is 17.9 Å². The third-order valence-corrected chi connectivity index (χ3v) is 5.70. The lowest BCUT2D eigenvalue weighted by Gasteiger charge is -2.30. The van der Waals surface area contributed by atoms with Gasteiger partial charge in [-0.25, -0.2) is 0 Å². The fourth-order valence-corrected chi connectivity index (χ4v) is 3.92. The summed E-state index contributed by atoms with van der Waals surface area (Å²) in [5, 5.41) is 18.1. The summed E-state index contributed by atoms with van der Waals surface area (Å²) in [4.78, 5) is 15.6. The van der Waals surface area contributed by atoms with Crippen LogP contribution in [-0.2, 0) is 11.3 Å². The van der Waals surface area contributed by atoms with E-state index in [-0.39, 0.29) is 5.78 Å². The van der Waals surface area contributed by atoms with E-state index in [2.05, 4.69) is 17.0 Å². The van der Waals surface area contributed by atoms with Crippen LogP contribution in [0.3, 0.4) is 0 Å². The summed E-state index contributed by atoms with van der Waals surface area (Å²) in [5.41, 5.74) is 5.45. The third kappa shape index (κ3) is 5.48. The quantitative estimate of drug-likeness (QED) is 0.517. The van der Waals surface area contributed by atoms with Crippen LogP contribution in [0.15, 0.2) is 83.9 Å². The summed E-state index contributed by atoms with van der Waals surface area (Å²) in [6, 6.07) is 26.6. The molecule has 0 atom stereocenters. The van der Waals surface area contributed by atoms with Crippen LogP contribution in [0.1, 0.15) is 27.8 Å². The number of rotatable bonds is 5. The normalized spacial score (nSPS) is 16.3. The molecule has 0 aliphatic carbocycles. The van der Waals surface area contributed by atoms with Crippen LogP contribution in [0, 0.1) is 22.7 Å². The van der Waals surface area contributed by atoms with E-state index in [0.29, 0.717) is 41.9 Å². The Morgan fingerprint density at radius 1 is 0.794 bits per heavy atom. The summed E-state index contributed by atoms with van der Waals surface area (Å²) < 4.78 is 5.26. The van der Waals surface area contributed by atoms with Gasteiger partial charge in [-0.2, -0.15) is 10.5 Å². The van der Waals surface area contributed by atoms with E-state index in [0.717, 1.165) is 22.4 Å². The molecule has 0 bridgehead atoms. The fourth-order valence-electron chi connectivity index (χ4n) is 3.92. The van der Waals surface area contributed by atoms with E-state index in [1.807, 2.05) is 60.7 Å². The second-order valence-electron chi connectivity index (χ2n) is 8.13.